The second-order valence-electron chi connectivity index (χ2n) is 12.2. The van der Waals surface area contributed by atoms with E-state index in [9.17, 15) is 9.59 Å². The molecule has 2 fully saturated rings. The molecule has 12 nitrogen and oxygen atoms in total. The molecule has 2 aromatic heterocycles. The second-order valence-corrected chi connectivity index (χ2v) is 12.2. The van der Waals surface area contributed by atoms with E-state index in [1.165, 1.54) is 0 Å². The Hall–Kier alpha value is -4.10. The summed E-state index contributed by atoms with van der Waals surface area (Å²) in [6.07, 6.45) is 5.40. The highest BCUT2D eigenvalue weighted by Crippen LogP contribution is 2.28. The van der Waals surface area contributed by atoms with Crippen LogP contribution in [0, 0.1) is 0 Å². The lowest BCUT2D eigenvalue weighted by Gasteiger charge is -2.17. The summed E-state index contributed by atoms with van der Waals surface area (Å²) in [7, 11) is 3.32. The average Bonchev–Trinajstić information content (AvgIpc) is 3.92. The summed E-state index contributed by atoms with van der Waals surface area (Å²) in [5.74, 6) is -0.213. The zero-order valence-corrected chi connectivity index (χ0v) is 27.6. The van der Waals surface area contributed by atoms with Crippen LogP contribution in [-0.2, 0) is 41.4 Å². The van der Waals surface area contributed by atoms with Crippen LogP contribution in [0.15, 0.2) is 57.8 Å². The summed E-state index contributed by atoms with van der Waals surface area (Å²) < 4.78 is 44.7. The highest BCUT2D eigenvalue weighted by atomic mass is 16.6. The van der Waals surface area contributed by atoms with Crippen LogP contribution in [0.1, 0.15) is 24.0 Å². The molecular weight excluding hydrogens is 620 g/mol. The Morgan fingerprint density at radius 1 is 0.688 bits per heavy atom. The zero-order chi connectivity index (χ0) is 33.3. The van der Waals surface area contributed by atoms with E-state index in [0.29, 0.717) is 78.3 Å². The molecular formula is C36H44N2O10. The van der Waals surface area contributed by atoms with E-state index in [2.05, 4.69) is 9.80 Å². The number of rotatable bonds is 16. The van der Waals surface area contributed by atoms with Crippen molar-refractivity contribution in [2.45, 2.75) is 37.9 Å². The molecule has 4 heterocycles. The van der Waals surface area contributed by atoms with E-state index < -0.39 is 11.9 Å². The van der Waals surface area contributed by atoms with Crippen molar-refractivity contribution in [2.24, 2.45) is 0 Å². The van der Waals surface area contributed by atoms with Crippen LogP contribution >= 0.6 is 0 Å². The summed E-state index contributed by atoms with van der Waals surface area (Å²) >= 11 is 0. The number of carbonyl (C=O) groups is 2. The number of ether oxygens (including phenoxy) is 6. The normalized spacial score (nSPS) is 18.5. The van der Waals surface area contributed by atoms with Crippen molar-refractivity contribution in [1.82, 2.24) is 9.80 Å². The second kappa shape index (κ2) is 16.3. The van der Waals surface area contributed by atoms with Crippen molar-refractivity contribution in [1.29, 1.82) is 0 Å². The third-order valence-electron chi connectivity index (χ3n) is 9.02. The molecule has 0 radical (unpaired) electrons. The number of benzene rings is 2. The summed E-state index contributed by atoms with van der Waals surface area (Å²) in [6, 6.07) is 11.8. The Bertz CT molecular complexity index is 1540. The predicted molar refractivity (Wildman–Crippen MR) is 176 cm³/mol. The maximum atomic E-state index is 12.5. The molecule has 2 aromatic carbocycles. The molecule has 0 N–H and O–H groups in total. The first kappa shape index (κ1) is 33.8. The Labute approximate surface area is 279 Å². The van der Waals surface area contributed by atoms with Gasteiger partial charge in [0.1, 0.15) is 34.9 Å². The van der Waals surface area contributed by atoms with Crippen LogP contribution in [0.25, 0.3) is 21.9 Å². The molecule has 4 aromatic rings. The number of nitrogens with zero attached hydrogens (tertiary/aromatic N) is 2. The average molecular weight is 665 g/mol. The van der Waals surface area contributed by atoms with Crippen LogP contribution in [0.3, 0.4) is 0 Å². The Kier molecular flexibility index (Phi) is 11.5. The van der Waals surface area contributed by atoms with Crippen molar-refractivity contribution < 1.29 is 46.8 Å². The Balaban J connectivity index is 0.816. The maximum absolute atomic E-state index is 12.5. The van der Waals surface area contributed by atoms with Gasteiger partial charge in [0.15, 0.2) is 0 Å². The fourth-order valence-corrected chi connectivity index (χ4v) is 6.38. The van der Waals surface area contributed by atoms with E-state index in [4.69, 9.17) is 37.3 Å². The van der Waals surface area contributed by atoms with Crippen LogP contribution in [0.4, 0.5) is 0 Å². The topological polar surface area (TPSA) is 122 Å². The molecule has 12 heteroatoms. The van der Waals surface area contributed by atoms with E-state index >= 15 is 0 Å². The molecule has 48 heavy (non-hydrogen) atoms. The number of carbonyl (C=O) groups excluding carboxylic acids is 2. The van der Waals surface area contributed by atoms with Gasteiger partial charge < -0.3 is 37.3 Å². The molecule has 0 saturated carbocycles. The van der Waals surface area contributed by atoms with Gasteiger partial charge in [-0.25, -0.2) is 9.59 Å². The number of hydrogen-bond acceptors (Lipinski definition) is 12. The molecule has 2 unspecified atom stereocenters. The molecule has 0 bridgehead atoms. The smallest absolute Gasteiger partial charge is 0.417 e. The lowest BCUT2D eigenvalue weighted by Crippen LogP contribution is -2.33. The lowest BCUT2D eigenvalue weighted by molar-refractivity contribution is -0.173. The van der Waals surface area contributed by atoms with Crippen molar-refractivity contribution in [3.8, 4) is 11.5 Å². The Morgan fingerprint density at radius 3 is 1.58 bits per heavy atom. The molecule has 2 aliphatic rings. The summed E-state index contributed by atoms with van der Waals surface area (Å²) in [5.41, 5.74) is 3.72. The van der Waals surface area contributed by atoms with E-state index in [-0.39, 0.29) is 12.2 Å². The van der Waals surface area contributed by atoms with Gasteiger partial charge in [-0.3, -0.25) is 9.80 Å². The van der Waals surface area contributed by atoms with Gasteiger partial charge in [-0.1, -0.05) is 0 Å². The van der Waals surface area contributed by atoms with E-state index in [1.54, 1.807) is 26.7 Å². The Morgan fingerprint density at radius 2 is 1.15 bits per heavy atom. The van der Waals surface area contributed by atoms with Crippen molar-refractivity contribution in [3.63, 3.8) is 0 Å². The number of methoxy groups -OCH3 is 2. The number of fused-ring (bicyclic) bond motifs is 2. The molecule has 0 aliphatic carbocycles. The highest BCUT2D eigenvalue weighted by Gasteiger charge is 2.32. The maximum Gasteiger partial charge on any atom is 0.417 e. The third-order valence-corrected chi connectivity index (χ3v) is 9.02. The molecule has 258 valence electrons. The van der Waals surface area contributed by atoms with Gasteiger partial charge in [-0.05, 0) is 62.1 Å². The fraction of sp³-hybridized carbons (Fsp3) is 0.500. The molecule has 2 saturated heterocycles. The molecule has 0 spiro atoms. The summed E-state index contributed by atoms with van der Waals surface area (Å²) in [4.78, 5) is 29.3. The minimum atomic E-state index is -0.925. The summed E-state index contributed by atoms with van der Waals surface area (Å²) in [5, 5.41) is 2.01. The third kappa shape index (κ3) is 8.67. The largest absolute Gasteiger partial charge is 0.496 e. The first-order chi connectivity index (χ1) is 23.5. The highest BCUT2D eigenvalue weighted by molar-refractivity contribution is 6.29. The fourth-order valence-electron chi connectivity index (χ4n) is 6.38. The standard InChI is InChI=1S/C36H44N2O10/c1-41-31-19-27-7-15-45-33(27)21-25(31)5-13-43-17-11-37-9-3-29(23-37)47-35(39)36(40)48-30-4-10-38(24-30)12-18-44-14-6-26-22-34-28(8-16-46-34)20-32(26)42-2/h7-8,15-16,19-22,29-30H,3-6,9-14,17-18,23-24H2,1-2H3. The monoisotopic (exact) mass is 664 g/mol. The van der Waals surface area contributed by atoms with Crippen LogP contribution in [0.2, 0.25) is 0 Å². The van der Waals surface area contributed by atoms with Crippen molar-refractivity contribution >= 4 is 33.9 Å². The zero-order valence-electron chi connectivity index (χ0n) is 27.6. The van der Waals surface area contributed by atoms with Gasteiger partial charge in [-0.2, -0.15) is 0 Å². The van der Waals surface area contributed by atoms with Crippen LogP contribution < -0.4 is 9.47 Å². The van der Waals surface area contributed by atoms with Crippen LogP contribution in [0.5, 0.6) is 11.5 Å². The SMILES string of the molecule is COc1cc2ccoc2cc1CCOCCN1CCC(OC(=O)C(=O)OC2CCN(CCOCCc3cc4occc4cc3OC)C2)C1. The van der Waals surface area contributed by atoms with E-state index in [0.717, 1.165) is 57.7 Å². The summed E-state index contributed by atoms with van der Waals surface area (Å²) in [6.45, 7) is 6.28. The number of esters is 2. The van der Waals surface area contributed by atoms with Gasteiger partial charge in [0.25, 0.3) is 0 Å². The van der Waals surface area contributed by atoms with Gasteiger partial charge in [0.2, 0.25) is 0 Å². The quantitative estimate of drug-likeness (QED) is 0.0967. The first-order valence-corrected chi connectivity index (χ1v) is 16.6. The number of hydrogen-bond donors (Lipinski definition) is 0. The molecule has 0 amide bonds. The molecule has 2 aliphatic heterocycles. The van der Waals surface area contributed by atoms with Gasteiger partial charge >= 0.3 is 11.9 Å². The molecule has 6 rings (SSSR count). The first-order valence-electron chi connectivity index (χ1n) is 16.6. The number of furan rings is 2. The van der Waals surface area contributed by atoms with Gasteiger partial charge in [0.05, 0.1) is 53.2 Å². The predicted octanol–water partition coefficient (Wildman–Crippen LogP) is 4.25. The minimum Gasteiger partial charge on any atom is -0.496 e. The van der Waals surface area contributed by atoms with E-state index in [1.807, 2.05) is 36.4 Å². The number of likely N-dealkylation sites (tertiary alicyclic amines) is 2. The van der Waals surface area contributed by atoms with Crippen LogP contribution in [-0.4, -0.2) is 114 Å². The van der Waals surface area contributed by atoms with Crippen molar-refractivity contribution in [3.05, 3.63) is 60.1 Å². The minimum absolute atomic E-state index is 0.340. The lowest BCUT2D eigenvalue weighted by atomic mass is 10.1. The molecule has 2 atom stereocenters. The van der Waals surface area contributed by atoms with Crippen molar-refractivity contribution in [2.75, 3.05) is 79.9 Å². The van der Waals surface area contributed by atoms with Gasteiger partial charge in [0, 0.05) is 61.2 Å². The van der Waals surface area contributed by atoms with Gasteiger partial charge in [-0.15, -0.1) is 0 Å².